The van der Waals surface area contributed by atoms with Gasteiger partial charge in [-0.05, 0) is 49.5 Å². The third kappa shape index (κ3) is 3.61. The van der Waals surface area contributed by atoms with Crippen LogP contribution in [-0.4, -0.2) is 24.7 Å². The van der Waals surface area contributed by atoms with Crippen LogP contribution in [0.25, 0.3) is 0 Å². The Balaban J connectivity index is 1.66. The Labute approximate surface area is 90.9 Å². The van der Waals surface area contributed by atoms with Gasteiger partial charge in [-0.2, -0.15) is 0 Å². The zero-order chi connectivity index (χ0) is 10.3. The molecule has 1 aromatic rings. The SMILES string of the molecule is c1cc(COCC2CCNCC2)ccn1. The van der Waals surface area contributed by atoms with Gasteiger partial charge in [-0.15, -0.1) is 0 Å². The molecule has 0 amide bonds. The fourth-order valence-corrected chi connectivity index (χ4v) is 1.87. The van der Waals surface area contributed by atoms with Gasteiger partial charge in [-0.3, -0.25) is 4.98 Å². The Kier molecular flexibility index (Phi) is 4.11. The number of nitrogens with one attached hydrogen (secondary N) is 1. The summed E-state index contributed by atoms with van der Waals surface area (Å²) in [6, 6.07) is 4.00. The first-order valence-corrected chi connectivity index (χ1v) is 5.62. The Morgan fingerprint density at radius 3 is 2.73 bits per heavy atom. The van der Waals surface area contributed by atoms with Crippen LogP contribution in [0.2, 0.25) is 0 Å². The largest absolute Gasteiger partial charge is 0.376 e. The molecule has 1 aliphatic rings. The molecule has 1 fully saturated rings. The number of aromatic nitrogens is 1. The average Bonchev–Trinajstić information content (AvgIpc) is 2.32. The van der Waals surface area contributed by atoms with E-state index in [-0.39, 0.29) is 0 Å². The number of ether oxygens (including phenoxy) is 1. The quantitative estimate of drug-likeness (QED) is 0.812. The maximum absolute atomic E-state index is 5.70. The molecule has 82 valence electrons. The van der Waals surface area contributed by atoms with Gasteiger partial charge in [0.2, 0.25) is 0 Å². The molecule has 0 bridgehead atoms. The van der Waals surface area contributed by atoms with Gasteiger partial charge in [0.1, 0.15) is 0 Å². The molecule has 15 heavy (non-hydrogen) atoms. The van der Waals surface area contributed by atoms with Crippen molar-refractivity contribution in [1.82, 2.24) is 10.3 Å². The van der Waals surface area contributed by atoms with Crippen molar-refractivity contribution >= 4 is 0 Å². The lowest BCUT2D eigenvalue weighted by molar-refractivity contribution is 0.0763. The van der Waals surface area contributed by atoms with Crippen molar-refractivity contribution < 1.29 is 4.74 Å². The number of hydrogen-bond acceptors (Lipinski definition) is 3. The topological polar surface area (TPSA) is 34.1 Å². The standard InChI is InChI=1S/C12H18N2O/c1-5-13-6-2-11(1)9-15-10-12-3-7-14-8-4-12/h1-2,5-6,12,14H,3-4,7-10H2. The van der Waals surface area contributed by atoms with Crippen molar-refractivity contribution in [2.24, 2.45) is 5.92 Å². The molecule has 0 spiro atoms. The summed E-state index contributed by atoms with van der Waals surface area (Å²) in [6.07, 6.45) is 6.11. The van der Waals surface area contributed by atoms with Crippen LogP contribution in [0.5, 0.6) is 0 Å². The lowest BCUT2D eigenvalue weighted by Crippen LogP contribution is -2.29. The molecule has 1 saturated heterocycles. The van der Waals surface area contributed by atoms with E-state index < -0.39 is 0 Å². The summed E-state index contributed by atoms with van der Waals surface area (Å²) in [5.74, 6) is 0.744. The summed E-state index contributed by atoms with van der Waals surface area (Å²) >= 11 is 0. The van der Waals surface area contributed by atoms with Crippen molar-refractivity contribution in [3.05, 3.63) is 30.1 Å². The Morgan fingerprint density at radius 1 is 1.27 bits per heavy atom. The van der Waals surface area contributed by atoms with E-state index in [0.717, 1.165) is 25.6 Å². The molecule has 1 aromatic heterocycles. The molecule has 3 nitrogen and oxygen atoms in total. The van der Waals surface area contributed by atoms with Crippen LogP contribution in [0.3, 0.4) is 0 Å². The molecule has 0 radical (unpaired) electrons. The molecule has 0 atom stereocenters. The van der Waals surface area contributed by atoms with E-state index in [4.69, 9.17) is 4.74 Å². The van der Waals surface area contributed by atoms with Gasteiger partial charge < -0.3 is 10.1 Å². The zero-order valence-electron chi connectivity index (χ0n) is 8.98. The number of pyridine rings is 1. The smallest absolute Gasteiger partial charge is 0.0718 e. The van der Waals surface area contributed by atoms with Gasteiger partial charge in [-0.1, -0.05) is 0 Å². The fraction of sp³-hybridized carbons (Fsp3) is 0.583. The fourth-order valence-electron chi connectivity index (χ4n) is 1.87. The highest BCUT2D eigenvalue weighted by atomic mass is 16.5. The van der Waals surface area contributed by atoms with Crippen LogP contribution in [0.15, 0.2) is 24.5 Å². The van der Waals surface area contributed by atoms with Crippen LogP contribution < -0.4 is 5.32 Å². The predicted octanol–water partition coefficient (Wildman–Crippen LogP) is 1.60. The van der Waals surface area contributed by atoms with Gasteiger partial charge >= 0.3 is 0 Å². The van der Waals surface area contributed by atoms with Crippen LogP contribution >= 0.6 is 0 Å². The van der Waals surface area contributed by atoms with Crippen LogP contribution in [0.1, 0.15) is 18.4 Å². The summed E-state index contributed by atoms with van der Waals surface area (Å²) < 4.78 is 5.70. The zero-order valence-corrected chi connectivity index (χ0v) is 8.98. The molecule has 0 unspecified atom stereocenters. The third-order valence-corrected chi connectivity index (χ3v) is 2.83. The predicted molar refractivity (Wildman–Crippen MR) is 59.5 cm³/mol. The summed E-state index contributed by atoms with van der Waals surface area (Å²) in [7, 11) is 0. The van der Waals surface area contributed by atoms with Crippen LogP contribution in [0.4, 0.5) is 0 Å². The van der Waals surface area contributed by atoms with Gasteiger partial charge in [0, 0.05) is 19.0 Å². The van der Waals surface area contributed by atoms with Crippen molar-refractivity contribution in [3.63, 3.8) is 0 Å². The normalized spacial score (nSPS) is 17.9. The summed E-state index contributed by atoms with van der Waals surface area (Å²) in [6.45, 7) is 3.89. The molecule has 1 N–H and O–H groups in total. The Morgan fingerprint density at radius 2 is 2.00 bits per heavy atom. The second kappa shape index (κ2) is 5.83. The third-order valence-electron chi connectivity index (χ3n) is 2.83. The van der Waals surface area contributed by atoms with E-state index in [9.17, 15) is 0 Å². The number of piperidine rings is 1. The molecule has 3 heteroatoms. The highest BCUT2D eigenvalue weighted by molar-refractivity contribution is 5.07. The Bertz CT molecular complexity index is 270. The second-order valence-electron chi connectivity index (χ2n) is 4.06. The van der Waals surface area contributed by atoms with E-state index >= 15 is 0 Å². The lowest BCUT2D eigenvalue weighted by atomic mass is 9.99. The molecule has 0 saturated carbocycles. The van der Waals surface area contributed by atoms with Gasteiger partial charge in [0.15, 0.2) is 0 Å². The summed E-state index contributed by atoms with van der Waals surface area (Å²) in [5.41, 5.74) is 1.21. The molecule has 2 rings (SSSR count). The van der Waals surface area contributed by atoms with E-state index in [1.165, 1.54) is 18.4 Å². The second-order valence-corrected chi connectivity index (χ2v) is 4.06. The minimum atomic E-state index is 0.715. The van der Waals surface area contributed by atoms with Crippen LogP contribution in [0, 0.1) is 5.92 Å². The van der Waals surface area contributed by atoms with E-state index in [2.05, 4.69) is 10.3 Å². The van der Waals surface area contributed by atoms with Gasteiger partial charge in [0.05, 0.1) is 6.61 Å². The first kappa shape index (κ1) is 10.6. The lowest BCUT2D eigenvalue weighted by Gasteiger charge is -2.22. The maximum atomic E-state index is 5.70. The van der Waals surface area contributed by atoms with E-state index in [0.29, 0.717) is 6.61 Å². The highest BCUT2D eigenvalue weighted by Crippen LogP contribution is 2.12. The van der Waals surface area contributed by atoms with Crippen molar-refractivity contribution in [3.8, 4) is 0 Å². The average molecular weight is 206 g/mol. The van der Waals surface area contributed by atoms with E-state index in [1.54, 1.807) is 0 Å². The minimum Gasteiger partial charge on any atom is -0.376 e. The maximum Gasteiger partial charge on any atom is 0.0718 e. The molecular weight excluding hydrogens is 188 g/mol. The monoisotopic (exact) mass is 206 g/mol. The van der Waals surface area contributed by atoms with Gasteiger partial charge in [0.25, 0.3) is 0 Å². The number of nitrogens with zero attached hydrogens (tertiary/aromatic N) is 1. The first-order valence-electron chi connectivity index (χ1n) is 5.62. The van der Waals surface area contributed by atoms with Crippen molar-refractivity contribution in [1.29, 1.82) is 0 Å². The van der Waals surface area contributed by atoms with Crippen molar-refractivity contribution in [2.75, 3.05) is 19.7 Å². The first-order chi connectivity index (χ1) is 7.45. The summed E-state index contributed by atoms with van der Waals surface area (Å²) in [4.78, 5) is 3.98. The van der Waals surface area contributed by atoms with Gasteiger partial charge in [-0.25, -0.2) is 0 Å². The van der Waals surface area contributed by atoms with Crippen LogP contribution in [-0.2, 0) is 11.3 Å². The molecule has 2 heterocycles. The van der Waals surface area contributed by atoms with Crippen molar-refractivity contribution in [2.45, 2.75) is 19.4 Å². The highest BCUT2D eigenvalue weighted by Gasteiger charge is 2.12. The minimum absolute atomic E-state index is 0.715. The molecule has 0 aromatic carbocycles. The van der Waals surface area contributed by atoms with E-state index in [1.807, 2.05) is 24.5 Å². The number of rotatable bonds is 4. The summed E-state index contributed by atoms with van der Waals surface area (Å²) in [5, 5.41) is 3.36. The number of hydrogen-bond donors (Lipinski definition) is 1. The Hall–Kier alpha value is -0.930. The molecule has 1 aliphatic heterocycles. The molecule has 0 aliphatic carbocycles. The molecular formula is C12H18N2O.